The number of nitrogens with one attached hydrogen (secondary N) is 1. The van der Waals surface area contributed by atoms with Gasteiger partial charge in [-0.3, -0.25) is 0 Å². The van der Waals surface area contributed by atoms with Crippen molar-refractivity contribution in [3.05, 3.63) is 0 Å². The average Bonchev–Trinajstić information content (AvgIpc) is 2.45. The summed E-state index contributed by atoms with van der Waals surface area (Å²) in [6.07, 6.45) is 10.1. The van der Waals surface area contributed by atoms with E-state index < -0.39 is 0 Å². The number of rotatable bonds is 6. The maximum atomic E-state index is 3.92. The predicted octanol–water partition coefficient (Wildman–Crippen LogP) is 3.91. The first-order valence-corrected chi connectivity index (χ1v) is 9.13. The van der Waals surface area contributed by atoms with Crippen molar-refractivity contribution in [2.45, 2.75) is 71.8 Å². The van der Waals surface area contributed by atoms with Crippen molar-refractivity contribution >= 4 is 0 Å². The molecular weight excluding hydrogens is 244 g/mol. The molecule has 0 aromatic carbocycles. The molecule has 0 aromatic rings. The van der Waals surface area contributed by atoms with Gasteiger partial charge in [0.1, 0.15) is 0 Å². The Morgan fingerprint density at radius 2 is 1.80 bits per heavy atom. The van der Waals surface area contributed by atoms with Crippen LogP contribution in [0.1, 0.15) is 65.7 Å². The largest absolute Gasteiger partial charge is 0.312 e. The van der Waals surface area contributed by atoms with Crippen LogP contribution in [0.15, 0.2) is 0 Å². The predicted molar refractivity (Wildman–Crippen MR) is 88.0 cm³/mol. The van der Waals surface area contributed by atoms with E-state index in [0.29, 0.717) is 0 Å². The molecule has 2 rings (SSSR count). The van der Waals surface area contributed by atoms with Gasteiger partial charge in [0.2, 0.25) is 0 Å². The molecule has 2 aliphatic rings. The van der Waals surface area contributed by atoms with Crippen LogP contribution in [0.2, 0.25) is 0 Å². The molecule has 2 atom stereocenters. The van der Waals surface area contributed by atoms with Crippen molar-refractivity contribution in [3.63, 3.8) is 0 Å². The Morgan fingerprint density at radius 1 is 1.05 bits per heavy atom. The van der Waals surface area contributed by atoms with Gasteiger partial charge in [-0.1, -0.05) is 46.5 Å². The first-order chi connectivity index (χ1) is 9.67. The zero-order valence-corrected chi connectivity index (χ0v) is 14.0. The monoisotopic (exact) mass is 280 g/mol. The van der Waals surface area contributed by atoms with Crippen molar-refractivity contribution in [2.24, 2.45) is 17.8 Å². The third-order valence-electron chi connectivity index (χ3n) is 5.23. The molecule has 1 saturated carbocycles. The number of hydrogen-bond acceptors (Lipinski definition) is 2. The SMILES string of the molecule is CCC1CC(NCC2CCCCC2)CN(CC(C)C)C1. The summed E-state index contributed by atoms with van der Waals surface area (Å²) in [7, 11) is 0. The lowest BCUT2D eigenvalue weighted by atomic mass is 9.88. The maximum absolute atomic E-state index is 3.92. The summed E-state index contributed by atoms with van der Waals surface area (Å²) in [6.45, 7) is 12.2. The highest BCUT2D eigenvalue weighted by Crippen LogP contribution is 2.24. The van der Waals surface area contributed by atoms with E-state index in [4.69, 9.17) is 0 Å². The van der Waals surface area contributed by atoms with Crippen molar-refractivity contribution in [3.8, 4) is 0 Å². The highest BCUT2D eigenvalue weighted by Gasteiger charge is 2.26. The summed E-state index contributed by atoms with van der Waals surface area (Å²) >= 11 is 0. The molecule has 2 unspecified atom stereocenters. The van der Waals surface area contributed by atoms with Gasteiger partial charge in [0, 0.05) is 25.7 Å². The number of likely N-dealkylation sites (tertiary alicyclic amines) is 1. The zero-order valence-electron chi connectivity index (χ0n) is 14.0. The minimum atomic E-state index is 0.745. The van der Waals surface area contributed by atoms with Crippen molar-refractivity contribution in [1.29, 1.82) is 0 Å². The highest BCUT2D eigenvalue weighted by atomic mass is 15.2. The Hall–Kier alpha value is -0.0800. The minimum absolute atomic E-state index is 0.745. The number of piperidine rings is 1. The first-order valence-electron chi connectivity index (χ1n) is 9.13. The fraction of sp³-hybridized carbons (Fsp3) is 1.00. The molecule has 20 heavy (non-hydrogen) atoms. The normalized spacial score (nSPS) is 30.0. The molecule has 0 bridgehead atoms. The standard InChI is InChI=1S/C18H36N2/c1-4-16-10-18(14-20(13-16)12-15(2)3)19-11-17-8-6-5-7-9-17/h15-19H,4-14H2,1-3H3. The van der Waals surface area contributed by atoms with Crippen LogP contribution in [0, 0.1) is 17.8 Å². The van der Waals surface area contributed by atoms with Crippen LogP contribution in [-0.4, -0.2) is 37.1 Å². The van der Waals surface area contributed by atoms with E-state index in [-0.39, 0.29) is 0 Å². The van der Waals surface area contributed by atoms with Crippen molar-refractivity contribution in [2.75, 3.05) is 26.2 Å². The third-order valence-corrected chi connectivity index (χ3v) is 5.23. The van der Waals surface area contributed by atoms with Gasteiger partial charge in [-0.05, 0) is 43.6 Å². The molecule has 0 aromatic heterocycles. The summed E-state index contributed by atoms with van der Waals surface area (Å²) in [5.74, 6) is 2.67. The fourth-order valence-corrected chi connectivity index (χ4v) is 4.14. The van der Waals surface area contributed by atoms with Crippen LogP contribution < -0.4 is 5.32 Å². The third kappa shape index (κ3) is 5.37. The van der Waals surface area contributed by atoms with Gasteiger partial charge >= 0.3 is 0 Å². The highest BCUT2D eigenvalue weighted by molar-refractivity contribution is 4.84. The average molecular weight is 280 g/mol. The lowest BCUT2D eigenvalue weighted by Gasteiger charge is -2.39. The molecule has 1 heterocycles. The summed E-state index contributed by atoms with van der Waals surface area (Å²) in [5.41, 5.74) is 0. The van der Waals surface area contributed by atoms with Gasteiger partial charge in [0.15, 0.2) is 0 Å². The summed E-state index contributed by atoms with van der Waals surface area (Å²) in [4.78, 5) is 2.71. The number of nitrogens with zero attached hydrogens (tertiary/aromatic N) is 1. The van der Waals surface area contributed by atoms with E-state index in [2.05, 4.69) is 31.0 Å². The quantitative estimate of drug-likeness (QED) is 0.793. The fourth-order valence-electron chi connectivity index (χ4n) is 4.14. The van der Waals surface area contributed by atoms with Crippen LogP contribution in [-0.2, 0) is 0 Å². The molecule has 0 spiro atoms. The Bertz CT molecular complexity index is 258. The molecule has 0 radical (unpaired) electrons. The van der Waals surface area contributed by atoms with Gasteiger partial charge in [-0.15, -0.1) is 0 Å². The molecule has 118 valence electrons. The lowest BCUT2D eigenvalue weighted by Crippen LogP contribution is -2.50. The summed E-state index contributed by atoms with van der Waals surface area (Å²) < 4.78 is 0. The van der Waals surface area contributed by atoms with Gasteiger partial charge in [0.05, 0.1) is 0 Å². The maximum Gasteiger partial charge on any atom is 0.0198 e. The Labute approximate surface area is 126 Å². The number of hydrogen-bond donors (Lipinski definition) is 1. The van der Waals surface area contributed by atoms with Crippen molar-refractivity contribution in [1.82, 2.24) is 10.2 Å². The van der Waals surface area contributed by atoms with E-state index in [1.807, 2.05) is 0 Å². The lowest BCUT2D eigenvalue weighted by molar-refractivity contribution is 0.122. The molecule has 2 heteroatoms. The smallest absolute Gasteiger partial charge is 0.0198 e. The molecule has 2 nitrogen and oxygen atoms in total. The van der Waals surface area contributed by atoms with E-state index in [9.17, 15) is 0 Å². The topological polar surface area (TPSA) is 15.3 Å². The molecule has 1 N–H and O–H groups in total. The summed E-state index contributed by atoms with van der Waals surface area (Å²) in [5, 5.41) is 3.92. The Morgan fingerprint density at radius 3 is 2.45 bits per heavy atom. The molecule has 1 aliphatic heterocycles. The minimum Gasteiger partial charge on any atom is -0.312 e. The zero-order chi connectivity index (χ0) is 14.4. The Balaban J connectivity index is 1.76. The van der Waals surface area contributed by atoms with E-state index in [0.717, 1.165) is 23.8 Å². The van der Waals surface area contributed by atoms with Crippen LogP contribution >= 0.6 is 0 Å². The van der Waals surface area contributed by atoms with Gasteiger partial charge in [-0.2, -0.15) is 0 Å². The van der Waals surface area contributed by atoms with Gasteiger partial charge in [-0.25, -0.2) is 0 Å². The van der Waals surface area contributed by atoms with Gasteiger partial charge < -0.3 is 10.2 Å². The Kier molecular flexibility index (Phi) is 6.83. The second kappa shape index (κ2) is 8.38. The first kappa shape index (κ1) is 16.3. The molecular formula is C18H36N2. The van der Waals surface area contributed by atoms with Crippen LogP contribution in [0.25, 0.3) is 0 Å². The second-order valence-electron chi connectivity index (χ2n) is 7.73. The van der Waals surface area contributed by atoms with E-state index >= 15 is 0 Å². The van der Waals surface area contributed by atoms with E-state index in [1.54, 1.807) is 0 Å². The van der Waals surface area contributed by atoms with Crippen LogP contribution in [0.5, 0.6) is 0 Å². The molecule has 0 amide bonds. The molecule has 1 saturated heterocycles. The van der Waals surface area contributed by atoms with Crippen LogP contribution in [0.4, 0.5) is 0 Å². The molecule has 2 fully saturated rings. The van der Waals surface area contributed by atoms with Crippen molar-refractivity contribution < 1.29 is 0 Å². The van der Waals surface area contributed by atoms with Crippen LogP contribution in [0.3, 0.4) is 0 Å². The summed E-state index contributed by atoms with van der Waals surface area (Å²) in [6, 6.07) is 0.745. The second-order valence-corrected chi connectivity index (χ2v) is 7.73. The molecule has 1 aliphatic carbocycles. The van der Waals surface area contributed by atoms with E-state index in [1.165, 1.54) is 71.1 Å². The van der Waals surface area contributed by atoms with Gasteiger partial charge in [0.25, 0.3) is 0 Å².